The average Bonchev–Trinajstić information content (AvgIpc) is 3.28. The number of ether oxygens (including phenoxy) is 4. The second kappa shape index (κ2) is 6.65. The first-order valence-electron chi connectivity index (χ1n) is 10.6. The lowest BCUT2D eigenvalue weighted by molar-refractivity contribution is -0.195. The van der Waals surface area contributed by atoms with Gasteiger partial charge in [-0.15, -0.1) is 0 Å². The van der Waals surface area contributed by atoms with E-state index in [0.29, 0.717) is 5.92 Å². The van der Waals surface area contributed by atoms with Gasteiger partial charge < -0.3 is 18.9 Å². The van der Waals surface area contributed by atoms with Crippen LogP contribution >= 0.6 is 0 Å². The van der Waals surface area contributed by atoms with Crippen molar-refractivity contribution in [2.75, 3.05) is 19.8 Å². The standard InChI is InChI=1S/C22H32O4/c1-16-7-11-23-20-21(16,10-12-24-20)8-5-17-3-2-4-18-15-22(9-6-19(17)18)25-13-14-26-22/h5,10,12,16,18-20H,2-4,6-9,11,13-15H2,1H3/b17-5+/t16-,18?,19?,20?,21?/m1/s1. The molecule has 144 valence electrons. The molecule has 0 bridgehead atoms. The highest BCUT2D eigenvalue weighted by atomic mass is 16.7. The maximum atomic E-state index is 6.01. The number of rotatable bonds is 2. The van der Waals surface area contributed by atoms with Crippen LogP contribution in [0, 0.1) is 23.2 Å². The molecule has 3 heterocycles. The summed E-state index contributed by atoms with van der Waals surface area (Å²) in [6.07, 6.45) is 16.0. The summed E-state index contributed by atoms with van der Waals surface area (Å²) in [4.78, 5) is 0. The summed E-state index contributed by atoms with van der Waals surface area (Å²) >= 11 is 0. The molecule has 0 N–H and O–H groups in total. The molecule has 0 amide bonds. The average molecular weight is 360 g/mol. The van der Waals surface area contributed by atoms with E-state index in [2.05, 4.69) is 19.1 Å². The van der Waals surface area contributed by atoms with Crippen LogP contribution in [-0.4, -0.2) is 31.9 Å². The predicted octanol–water partition coefficient (Wildman–Crippen LogP) is 4.56. The normalized spacial score (nSPS) is 45.5. The quantitative estimate of drug-likeness (QED) is 0.677. The summed E-state index contributed by atoms with van der Waals surface area (Å²) in [5, 5.41) is 0. The van der Waals surface area contributed by atoms with Crippen LogP contribution in [0.1, 0.15) is 58.3 Å². The van der Waals surface area contributed by atoms with E-state index in [1.807, 2.05) is 6.26 Å². The van der Waals surface area contributed by atoms with E-state index in [4.69, 9.17) is 18.9 Å². The van der Waals surface area contributed by atoms with Crippen LogP contribution in [0.5, 0.6) is 0 Å². The van der Waals surface area contributed by atoms with Crippen LogP contribution in [0.15, 0.2) is 24.0 Å². The van der Waals surface area contributed by atoms with Gasteiger partial charge in [0.15, 0.2) is 5.79 Å². The molecule has 5 rings (SSSR count). The van der Waals surface area contributed by atoms with Crippen molar-refractivity contribution in [1.82, 2.24) is 0 Å². The van der Waals surface area contributed by atoms with Gasteiger partial charge in [0.1, 0.15) is 0 Å². The van der Waals surface area contributed by atoms with E-state index in [1.165, 1.54) is 25.7 Å². The minimum Gasteiger partial charge on any atom is -0.472 e. The van der Waals surface area contributed by atoms with Gasteiger partial charge in [0.05, 0.1) is 31.5 Å². The third-order valence-corrected chi connectivity index (χ3v) is 7.78. The van der Waals surface area contributed by atoms with Crippen molar-refractivity contribution >= 4 is 0 Å². The molecular formula is C22H32O4. The van der Waals surface area contributed by atoms with Gasteiger partial charge in [0.25, 0.3) is 0 Å². The summed E-state index contributed by atoms with van der Waals surface area (Å²) in [5.74, 6) is 1.81. The molecule has 4 unspecified atom stereocenters. The molecule has 4 heteroatoms. The summed E-state index contributed by atoms with van der Waals surface area (Å²) < 4.78 is 23.7. The molecule has 26 heavy (non-hydrogen) atoms. The molecule has 2 saturated carbocycles. The first kappa shape index (κ1) is 17.3. The number of fused-ring (bicyclic) bond motifs is 2. The van der Waals surface area contributed by atoms with Gasteiger partial charge in [-0.25, -0.2) is 0 Å². The maximum absolute atomic E-state index is 6.01. The Morgan fingerprint density at radius 3 is 2.92 bits per heavy atom. The molecule has 1 spiro atoms. The van der Waals surface area contributed by atoms with Gasteiger partial charge in [-0.3, -0.25) is 0 Å². The second-order valence-electron chi connectivity index (χ2n) is 9.04. The monoisotopic (exact) mass is 360 g/mol. The van der Waals surface area contributed by atoms with Gasteiger partial charge in [-0.05, 0) is 62.4 Å². The summed E-state index contributed by atoms with van der Waals surface area (Å²) in [6.45, 7) is 4.72. The highest BCUT2D eigenvalue weighted by molar-refractivity contribution is 5.18. The molecule has 5 aliphatic rings. The molecular weight excluding hydrogens is 328 g/mol. The first-order valence-corrected chi connectivity index (χ1v) is 10.6. The molecule has 3 aliphatic heterocycles. The number of hydrogen-bond acceptors (Lipinski definition) is 4. The molecule has 2 saturated heterocycles. The van der Waals surface area contributed by atoms with Crippen LogP contribution in [0.3, 0.4) is 0 Å². The molecule has 0 aromatic rings. The lowest BCUT2D eigenvalue weighted by Crippen LogP contribution is -2.44. The van der Waals surface area contributed by atoms with Gasteiger partial charge in [-0.1, -0.05) is 18.6 Å². The molecule has 4 nitrogen and oxygen atoms in total. The lowest BCUT2D eigenvalue weighted by Gasteiger charge is -2.45. The molecule has 0 aromatic heterocycles. The Bertz CT molecular complexity index is 591. The zero-order valence-corrected chi connectivity index (χ0v) is 16.0. The minimum absolute atomic E-state index is 0.0335. The molecule has 4 fully saturated rings. The molecule has 2 aliphatic carbocycles. The van der Waals surface area contributed by atoms with E-state index in [-0.39, 0.29) is 17.5 Å². The highest BCUT2D eigenvalue weighted by Crippen LogP contribution is 2.51. The van der Waals surface area contributed by atoms with Crippen molar-refractivity contribution in [2.24, 2.45) is 23.2 Å². The Labute approximate surface area is 156 Å². The Morgan fingerprint density at radius 2 is 2.04 bits per heavy atom. The summed E-state index contributed by atoms with van der Waals surface area (Å²) in [7, 11) is 0. The van der Waals surface area contributed by atoms with E-state index < -0.39 is 0 Å². The SMILES string of the molecule is C[C@@H]1CCOC2OC=CC21C/C=C1\CCCC2CC3(CCC12)OCCO3. The van der Waals surface area contributed by atoms with E-state index in [9.17, 15) is 0 Å². The van der Waals surface area contributed by atoms with Crippen LogP contribution < -0.4 is 0 Å². The number of hydrogen-bond donors (Lipinski definition) is 0. The molecule has 0 aromatic carbocycles. The van der Waals surface area contributed by atoms with E-state index in [1.54, 1.807) is 5.57 Å². The summed E-state index contributed by atoms with van der Waals surface area (Å²) in [6, 6.07) is 0. The fraction of sp³-hybridized carbons (Fsp3) is 0.818. The third-order valence-electron chi connectivity index (χ3n) is 7.78. The minimum atomic E-state index is -0.249. The Morgan fingerprint density at radius 1 is 1.15 bits per heavy atom. The number of allylic oxidation sites excluding steroid dienone is 2. The van der Waals surface area contributed by atoms with Gasteiger partial charge in [0.2, 0.25) is 6.29 Å². The van der Waals surface area contributed by atoms with Gasteiger partial charge >= 0.3 is 0 Å². The lowest BCUT2D eigenvalue weighted by atomic mass is 9.65. The van der Waals surface area contributed by atoms with Crippen LogP contribution in [0.4, 0.5) is 0 Å². The van der Waals surface area contributed by atoms with Crippen LogP contribution in [-0.2, 0) is 18.9 Å². The van der Waals surface area contributed by atoms with Crippen molar-refractivity contribution in [3.8, 4) is 0 Å². The first-order chi connectivity index (χ1) is 12.7. The van der Waals surface area contributed by atoms with E-state index >= 15 is 0 Å². The van der Waals surface area contributed by atoms with Gasteiger partial charge in [0, 0.05) is 12.8 Å². The van der Waals surface area contributed by atoms with Crippen LogP contribution in [0.25, 0.3) is 0 Å². The smallest absolute Gasteiger partial charge is 0.208 e. The Hall–Kier alpha value is -0.840. The van der Waals surface area contributed by atoms with Gasteiger partial charge in [-0.2, -0.15) is 0 Å². The Balaban J connectivity index is 1.33. The highest BCUT2D eigenvalue weighted by Gasteiger charge is 2.49. The largest absolute Gasteiger partial charge is 0.472 e. The van der Waals surface area contributed by atoms with E-state index in [0.717, 1.165) is 57.3 Å². The molecule has 5 atom stereocenters. The third kappa shape index (κ3) is 2.76. The van der Waals surface area contributed by atoms with Crippen molar-refractivity contribution in [2.45, 2.75) is 70.4 Å². The Kier molecular flexibility index (Phi) is 4.41. The van der Waals surface area contributed by atoms with Crippen molar-refractivity contribution in [3.63, 3.8) is 0 Å². The van der Waals surface area contributed by atoms with Crippen molar-refractivity contribution in [3.05, 3.63) is 24.0 Å². The maximum Gasteiger partial charge on any atom is 0.208 e. The fourth-order valence-electron chi connectivity index (χ4n) is 6.14. The topological polar surface area (TPSA) is 36.9 Å². The van der Waals surface area contributed by atoms with Crippen molar-refractivity contribution < 1.29 is 18.9 Å². The van der Waals surface area contributed by atoms with Crippen molar-refractivity contribution in [1.29, 1.82) is 0 Å². The second-order valence-corrected chi connectivity index (χ2v) is 9.04. The zero-order valence-electron chi connectivity index (χ0n) is 16.0. The molecule has 0 radical (unpaired) electrons. The predicted molar refractivity (Wildman–Crippen MR) is 98.2 cm³/mol. The fourth-order valence-corrected chi connectivity index (χ4v) is 6.14. The summed E-state index contributed by atoms with van der Waals surface area (Å²) in [5.41, 5.74) is 1.71. The van der Waals surface area contributed by atoms with Crippen LogP contribution in [0.2, 0.25) is 0 Å². The zero-order chi connectivity index (χ0) is 17.6.